The van der Waals surface area contributed by atoms with E-state index < -0.39 is 0 Å². The van der Waals surface area contributed by atoms with Crippen molar-refractivity contribution < 1.29 is 9.90 Å². The number of anilines is 1. The predicted molar refractivity (Wildman–Crippen MR) is 92.5 cm³/mol. The van der Waals surface area contributed by atoms with Crippen molar-refractivity contribution >= 4 is 22.6 Å². The number of aliphatic hydroxyl groups is 1. The number of aryl methyl sites for hydroxylation is 1. The van der Waals surface area contributed by atoms with E-state index in [1.807, 2.05) is 30.4 Å². The molecule has 23 heavy (non-hydrogen) atoms. The number of carbonyl (C=O) groups excluding carboxylic acids is 1. The summed E-state index contributed by atoms with van der Waals surface area (Å²) in [5, 5.41) is 16.0. The lowest BCUT2D eigenvalue weighted by Crippen LogP contribution is -2.36. The maximum atomic E-state index is 12.1. The highest BCUT2D eigenvalue weighted by Gasteiger charge is 2.19. The lowest BCUT2D eigenvalue weighted by molar-refractivity contribution is 0.238. The Morgan fingerprint density at radius 1 is 1.35 bits per heavy atom. The second kappa shape index (κ2) is 6.87. The van der Waals surface area contributed by atoms with Crippen molar-refractivity contribution in [3.8, 4) is 0 Å². The van der Waals surface area contributed by atoms with Gasteiger partial charge in [-0.2, -0.15) is 0 Å². The molecule has 0 bridgehead atoms. The summed E-state index contributed by atoms with van der Waals surface area (Å²) in [5.41, 5.74) is 1.97. The molecule has 2 aromatic rings. The molecule has 0 fully saturated rings. The molecule has 3 N–H and O–H groups in total. The predicted octanol–water partition coefficient (Wildman–Crippen LogP) is 3.11. The molecule has 3 rings (SSSR count). The van der Waals surface area contributed by atoms with Crippen molar-refractivity contribution in [1.82, 2.24) is 9.88 Å². The molecule has 1 aromatic carbocycles. The summed E-state index contributed by atoms with van der Waals surface area (Å²) in [4.78, 5) is 12.1. The van der Waals surface area contributed by atoms with Gasteiger partial charge in [0.25, 0.3) is 0 Å². The van der Waals surface area contributed by atoms with E-state index in [1.165, 1.54) is 5.52 Å². The maximum absolute atomic E-state index is 12.1. The van der Waals surface area contributed by atoms with Gasteiger partial charge in [0.05, 0.1) is 0 Å². The molecule has 1 aliphatic rings. The molecule has 0 aliphatic heterocycles. The summed E-state index contributed by atoms with van der Waals surface area (Å²) in [5.74, 6) is 0.148. The molecule has 0 radical (unpaired) electrons. The topological polar surface area (TPSA) is 66.3 Å². The number of hydrogen-bond donors (Lipinski definition) is 3. The van der Waals surface area contributed by atoms with E-state index >= 15 is 0 Å². The Morgan fingerprint density at radius 2 is 2.22 bits per heavy atom. The largest absolute Gasteiger partial charge is 0.396 e. The van der Waals surface area contributed by atoms with E-state index in [-0.39, 0.29) is 24.6 Å². The summed E-state index contributed by atoms with van der Waals surface area (Å²) in [7, 11) is 0. The Kier molecular flexibility index (Phi) is 4.67. The van der Waals surface area contributed by atoms with Gasteiger partial charge >= 0.3 is 6.03 Å². The molecule has 5 nitrogen and oxygen atoms in total. The van der Waals surface area contributed by atoms with E-state index in [9.17, 15) is 4.79 Å². The highest BCUT2D eigenvalue weighted by Crippen LogP contribution is 2.21. The van der Waals surface area contributed by atoms with Crippen LogP contribution in [0, 0.1) is 5.92 Å². The first kappa shape index (κ1) is 15.6. The van der Waals surface area contributed by atoms with E-state index in [0.717, 1.165) is 30.5 Å². The average molecular weight is 313 g/mol. The quantitative estimate of drug-likeness (QED) is 0.743. The van der Waals surface area contributed by atoms with E-state index in [0.29, 0.717) is 0 Å². The normalized spacial score (nSPS) is 20.1. The molecule has 0 spiro atoms. The van der Waals surface area contributed by atoms with Gasteiger partial charge < -0.3 is 20.3 Å². The molecule has 0 saturated heterocycles. The smallest absolute Gasteiger partial charge is 0.319 e. The monoisotopic (exact) mass is 313 g/mol. The summed E-state index contributed by atoms with van der Waals surface area (Å²) in [6.07, 6.45) is 7.82. The van der Waals surface area contributed by atoms with Crippen LogP contribution in [0.5, 0.6) is 0 Å². The van der Waals surface area contributed by atoms with E-state index in [2.05, 4.69) is 34.4 Å². The number of carbonyl (C=O) groups is 1. The molecule has 2 amide bonds. The van der Waals surface area contributed by atoms with Crippen molar-refractivity contribution in [1.29, 1.82) is 0 Å². The van der Waals surface area contributed by atoms with Crippen molar-refractivity contribution in [2.45, 2.75) is 32.4 Å². The molecule has 5 heteroatoms. The van der Waals surface area contributed by atoms with Crippen molar-refractivity contribution in [3.05, 3.63) is 42.6 Å². The molecule has 122 valence electrons. The third kappa shape index (κ3) is 3.56. The average Bonchev–Trinajstić information content (AvgIpc) is 3.14. The third-order valence-electron chi connectivity index (χ3n) is 4.22. The molecule has 2 atom stereocenters. The fraction of sp³-hybridized carbons (Fsp3) is 0.389. The van der Waals surface area contributed by atoms with Gasteiger partial charge in [-0.05, 0) is 37.1 Å². The number of urea groups is 1. The van der Waals surface area contributed by atoms with Crippen LogP contribution >= 0.6 is 0 Å². The lowest BCUT2D eigenvalue weighted by atomic mass is 10.1. The van der Waals surface area contributed by atoms with Gasteiger partial charge in [0.2, 0.25) is 0 Å². The van der Waals surface area contributed by atoms with Crippen LogP contribution in [0.2, 0.25) is 0 Å². The lowest BCUT2D eigenvalue weighted by Gasteiger charge is -2.14. The van der Waals surface area contributed by atoms with Crippen LogP contribution in [-0.2, 0) is 6.54 Å². The van der Waals surface area contributed by atoms with Crippen LogP contribution in [0.3, 0.4) is 0 Å². The van der Waals surface area contributed by atoms with Crippen LogP contribution in [0.15, 0.2) is 42.6 Å². The Bertz CT molecular complexity index is 720. The SMILES string of the molecule is CCCn1ccc2cc(NC(=O)N[C@@H]3C=C[C@H](CO)C3)ccc21. The summed E-state index contributed by atoms with van der Waals surface area (Å²) in [6.45, 7) is 3.28. The first-order chi connectivity index (χ1) is 11.2. The van der Waals surface area contributed by atoms with Crippen LogP contribution in [0.4, 0.5) is 10.5 Å². The first-order valence-corrected chi connectivity index (χ1v) is 8.15. The number of nitrogens with zero attached hydrogens (tertiary/aromatic N) is 1. The zero-order valence-electron chi connectivity index (χ0n) is 13.3. The second-order valence-corrected chi connectivity index (χ2v) is 6.05. The number of benzene rings is 1. The second-order valence-electron chi connectivity index (χ2n) is 6.05. The molecule has 0 saturated carbocycles. The van der Waals surface area contributed by atoms with E-state index in [1.54, 1.807) is 0 Å². The highest BCUT2D eigenvalue weighted by atomic mass is 16.3. The van der Waals surface area contributed by atoms with Crippen LogP contribution < -0.4 is 10.6 Å². The van der Waals surface area contributed by atoms with Crippen LogP contribution in [0.25, 0.3) is 10.9 Å². The minimum absolute atomic E-state index is 0.0125. The number of nitrogens with one attached hydrogen (secondary N) is 2. The Labute approximate surface area is 136 Å². The Morgan fingerprint density at radius 3 is 2.96 bits per heavy atom. The minimum Gasteiger partial charge on any atom is -0.396 e. The van der Waals surface area contributed by atoms with E-state index in [4.69, 9.17) is 5.11 Å². The molecular weight excluding hydrogens is 290 g/mol. The van der Waals surface area contributed by atoms with Crippen LogP contribution in [-0.4, -0.2) is 28.4 Å². The number of aliphatic hydroxyl groups excluding tert-OH is 1. The Balaban J connectivity index is 1.62. The number of hydrogen-bond acceptors (Lipinski definition) is 2. The zero-order chi connectivity index (χ0) is 16.2. The van der Waals surface area contributed by atoms with Crippen molar-refractivity contribution in [3.63, 3.8) is 0 Å². The molecule has 1 heterocycles. The van der Waals surface area contributed by atoms with Gasteiger partial charge in [-0.3, -0.25) is 0 Å². The number of rotatable bonds is 5. The molecule has 0 unspecified atom stereocenters. The standard InChI is InChI=1S/C18H23N3O2/c1-2-8-21-9-7-14-11-16(5-6-17(14)21)20-18(23)19-15-4-3-13(10-15)12-22/h3-7,9,11,13,15,22H,2,8,10,12H2,1H3,(H2,19,20,23)/t13-,15+/m0/s1. The first-order valence-electron chi connectivity index (χ1n) is 8.15. The number of aromatic nitrogens is 1. The fourth-order valence-corrected chi connectivity index (χ4v) is 3.07. The van der Waals surface area contributed by atoms with Crippen molar-refractivity contribution in [2.24, 2.45) is 5.92 Å². The van der Waals surface area contributed by atoms with Gasteiger partial charge in [-0.1, -0.05) is 19.1 Å². The van der Waals surface area contributed by atoms with Gasteiger partial charge in [0.1, 0.15) is 0 Å². The number of fused-ring (bicyclic) bond motifs is 1. The fourth-order valence-electron chi connectivity index (χ4n) is 3.07. The van der Waals surface area contributed by atoms with Gasteiger partial charge in [-0.25, -0.2) is 4.79 Å². The number of amides is 2. The molecule has 1 aliphatic carbocycles. The van der Waals surface area contributed by atoms with Crippen molar-refractivity contribution in [2.75, 3.05) is 11.9 Å². The van der Waals surface area contributed by atoms with Gasteiger partial charge in [0.15, 0.2) is 0 Å². The minimum atomic E-state index is -0.217. The van der Waals surface area contributed by atoms with Gasteiger partial charge in [-0.15, -0.1) is 0 Å². The maximum Gasteiger partial charge on any atom is 0.319 e. The van der Waals surface area contributed by atoms with Crippen LogP contribution in [0.1, 0.15) is 19.8 Å². The highest BCUT2D eigenvalue weighted by molar-refractivity contribution is 5.93. The summed E-state index contributed by atoms with van der Waals surface area (Å²) >= 11 is 0. The van der Waals surface area contributed by atoms with Gasteiger partial charge in [0, 0.05) is 47.9 Å². The zero-order valence-corrected chi connectivity index (χ0v) is 13.3. The third-order valence-corrected chi connectivity index (χ3v) is 4.22. The molecular formula is C18H23N3O2. The molecule has 1 aromatic heterocycles. The summed E-state index contributed by atoms with van der Waals surface area (Å²) in [6, 6.07) is 7.79. The summed E-state index contributed by atoms with van der Waals surface area (Å²) < 4.78 is 2.22. The Hall–Kier alpha value is -2.27.